The average Bonchev–Trinajstić information content (AvgIpc) is 2.85. The maximum absolute atomic E-state index is 12.7. The van der Waals surface area contributed by atoms with Gasteiger partial charge in [0.05, 0.1) is 19.9 Å². The van der Waals surface area contributed by atoms with Crippen molar-refractivity contribution >= 4 is 17.5 Å². The largest absolute Gasteiger partial charge is 0.497 e. The SMILES string of the molecule is COc1cc(NC(=O)N2CCN(c3ccc(-c4ccc(C)c(C)c4)nn3)CC2)cc(OC)c1. The number of aromatic nitrogens is 2. The molecule has 0 unspecified atom stereocenters. The second kappa shape index (κ2) is 9.77. The molecule has 2 aromatic carbocycles. The molecule has 0 radical (unpaired) electrons. The zero-order chi connectivity index (χ0) is 23.4. The molecule has 1 aromatic heterocycles. The zero-order valence-electron chi connectivity index (χ0n) is 19.5. The lowest BCUT2D eigenvalue weighted by molar-refractivity contribution is 0.208. The molecule has 0 aliphatic carbocycles. The molecule has 0 saturated carbocycles. The number of aryl methyl sites for hydroxylation is 2. The van der Waals surface area contributed by atoms with E-state index < -0.39 is 0 Å². The van der Waals surface area contributed by atoms with Crippen LogP contribution in [-0.2, 0) is 0 Å². The summed E-state index contributed by atoms with van der Waals surface area (Å²) in [5, 5.41) is 11.8. The molecule has 2 heterocycles. The van der Waals surface area contributed by atoms with E-state index in [0.29, 0.717) is 43.4 Å². The molecule has 0 atom stereocenters. The first kappa shape index (κ1) is 22.4. The number of nitrogens with zero attached hydrogens (tertiary/aromatic N) is 4. The molecule has 33 heavy (non-hydrogen) atoms. The number of rotatable bonds is 5. The second-order valence-corrected chi connectivity index (χ2v) is 8.08. The Morgan fingerprint density at radius 3 is 2.12 bits per heavy atom. The number of amides is 2. The number of methoxy groups -OCH3 is 2. The van der Waals surface area contributed by atoms with Gasteiger partial charge in [-0.2, -0.15) is 0 Å². The van der Waals surface area contributed by atoms with Crippen LogP contribution in [-0.4, -0.2) is 61.5 Å². The molecule has 1 aliphatic heterocycles. The average molecular weight is 448 g/mol. The molecule has 2 amide bonds. The highest BCUT2D eigenvalue weighted by Crippen LogP contribution is 2.26. The minimum Gasteiger partial charge on any atom is -0.497 e. The number of benzene rings is 2. The lowest BCUT2D eigenvalue weighted by atomic mass is 10.0. The standard InChI is InChI=1S/C25H29N5O3/c1-17-5-6-19(13-18(17)2)23-7-8-24(28-27-23)29-9-11-30(12-10-29)25(31)26-20-14-21(32-3)16-22(15-20)33-4/h5-8,13-16H,9-12H2,1-4H3,(H,26,31). The maximum atomic E-state index is 12.7. The van der Waals surface area contributed by atoms with Gasteiger partial charge in [0.1, 0.15) is 11.5 Å². The van der Waals surface area contributed by atoms with Gasteiger partial charge >= 0.3 is 6.03 Å². The lowest BCUT2D eigenvalue weighted by Gasteiger charge is -2.35. The van der Waals surface area contributed by atoms with Crippen molar-refractivity contribution in [3.63, 3.8) is 0 Å². The summed E-state index contributed by atoms with van der Waals surface area (Å²) in [6.07, 6.45) is 0. The molecule has 8 nitrogen and oxygen atoms in total. The van der Waals surface area contributed by atoms with Crippen molar-refractivity contribution in [1.29, 1.82) is 0 Å². The van der Waals surface area contributed by atoms with Crippen LogP contribution in [0.4, 0.5) is 16.3 Å². The molecule has 172 valence electrons. The van der Waals surface area contributed by atoms with Gasteiger partial charge in [0.15, 0.2) is 5.82 Å². The highest BCUT2D eigenvalue weighted by molar-refractivity contribution is 5.90. The van der Waals surface area contributed by atoms with E-state index in [4.69, 9.17) is 9.47 Å². The summed E-state index contributed by atoms with van der Waals surface area (Å²) in [6, 6.07) is 15.5. The molecule has 8 heteroatoms. The van der Waals surface area contributed by atoms with Crippen molar-refractivity contribution in [3.05, 3.63) is 59.7 Å². The Bertz CT molecular complexity index is 1100. The van der Waals surface area contributed by atoms with Gasteiger partial charge in [-0.3, -0.25) is 0 Å². The zero-order valence-corrected chi connectivity index (χ0v) is 19.5. The van der Waals surface area contributed by atoms with E-state index in [-0.39, 0.29) is 6.03 Å². The van der Waals surface area contributed by atoms with Crippen molar-refractivity contribution in [2.45, 2.75) is 13.8 Å². The predicted octanol–water partition coefficient (Wildman–Crippen LogP) is 4.13. The van der Waals surface area contributed by atoms with Gasteiger partial charge in [-0.25, -0.2) is 4.79 Å². The molecule has 1 fully saturated rings. The second-order valence-electron chi connectivity index (χ2n) is 8.08. The smallest absolute Gasteiger partial charge is 0.321 e. The molecule has 3 aromatic rings. The van der Waals surface area contributed by atoms with Crippen LogP contribution in [0.2, 0.25) is 0 Å². The van der Waals surface area contributed by atoms with Crippen molar-refractivity contribution in [3.8, 4) is 22.8 Å². The normalized spacial score (nSPS) is 13.6. The van der Waals surface area contributed by atoms with Gasteiger partial charge in [-0.1, -0.05) is 12.1 Å². The summed E-state index contributed by atoms with van der Waals surface area (Å²) >= 11 is 0. The number of carbonyl (C=O) groups excluding carboxylic acids is 1. The van der Waals surface area contributed by atoms with Crippen molar-refractivity contribution in [1.82, 2.24) is 15.1 Å². The first-order valence-corrected chi connectivity index (χ1v) is 10.9. The van der Waals surface area contributed by atoms with Crippen LogP contribution in [0.15, 0.2) is 48.5 Å². The number of urea groups is 1. The number of hydrogen-bond donors (Lipinski definition) is 1. The summed E-state index contributed by atoms with van der Waals surface area (Å²) in [5.74, 6) is 2.06. The number of piperazine rings is 1. The fourth-order valence-corrected chi connectivity index (χ4v) is 3.77. The summed E-state index contributed by atoms with van der Waals surface area (Å²) in [5.41, 5.74) is 5.05. The van der Waals surface area contributed by atoms with Crippen LogP contribution in [0.5, 0.6) is 11.5 Å². The van der Waals surface area contributed by atoms with E-state index in [0.717, 1.165) is 17.1 Å². The fraction of sp³-hybridized carbons (Fsp3) is 0.320. The lowest BCUT2D eigenvalue weighted by Crippen LogP contribution is -2.50. The molecule has 0 spiro atoms. The van der Waals surface area contributed by atoms with Gasteiger partial charge in [-0.05, 0) is 43.2 Å². The van der Waals surface area contributed by atoms with Crippen molar-refractivity contribution in [2.75, 3.05) is 50.6 Å². The minimum atomic E-state index is -0.152. The fourth-order valence-electron chi connectivity index (χ4n) is 3.77. The van der Waals surface area contributed by atoms with Crippen LogP contribution in [0.1, 0.15) is 11.1 Å². The number of anilines is 2. The molecule has 1 saturated heterocycles. The van der Waals surface area contributed by atoms with Gasteiger partial charge in [0, 0.05) is 55.6 Å². The Hall–Kier alpha value is -3.81. The Morgan fingerprint density at radius 2 is 1.55 bits per heavy atom. The van der Waals surface area contributed by atoms with Gasteiger partial charge in [0.25, 0.3) is 0 Å². The third-order valence-corrected chi connectivity index (χ3v) is 5.95. The Balaban J connectivity index is 1.35. The highest BCUT2D eigenvalue weighted by Gasteiger charge is 2.22. The van der Waals surface area contributed by atoms with Gasteiger partial charge in [0.2, 0.25) is 0 Å². The summed E-state index contributed by atoms with van der Waals surface area (Å²) in [4.78, 5) is 16.7. The summed E-state index contributed by atoms with van der Waals surface area (Å²) in [6.45, 7) is 6.75. The molecular weight excluding hydrogens is 418 g/mol. The van der Waals surface area contributed by atoms with Crippen LogP contribution in [0.3, 0.4) is 0 Å². The van der Waals surface area contributed by atoms with E-state index in [9.17, 15) is 4.79 Å². The predicted molar refractivity (Wildman–Crippen MR) is 129 cm³/mol. The molecule has 0 bridgehead atoms. The van der Waals surface area contributed by atoms with E-state index in [2.05, 4.69) is 52.5 Å². The van der Waals surface area contributed by atoms with Crippen LogP contribution in [0, 0.1) is 13.8 Å². The first-order chi connectivity index (χ1) is 16.0. The third kappa shape index (κ3) is 5.16. The van der Waals surface area contributed by atoms with E-state index in [1.54, 1.807) is 37.3 Å². The Labute approximate surface area is 194 Å². The van der Waals surface area contributed by atoms with Crippen LogP contribution < -0.4 is 19.7 Å². The van der Waals surface area contributed by atoms with E-state index >= 15 is 0 Å². The number of carbonyl (C=O) groups is 1. The Kier molecular flexibility index (Phi) is 6.63. The van der Waals surface area contributed by atoms with Gasteiger partial charge < -0.3 is 24.6 Å². The minimum absolute atomic E-state index is 0.152. The molecule has 1 N–H and O–H groups in total. The van der Waals surface area contributed by atoms with Gasteiger partial charge in [-0.15, -0.1) is 10.2 Å². The van der Waals surface area contributed by atoms with E-state index in [1.807, 2.05) is 12.1 Å². The molecular formula is C25H29N5O3. The number of hydrogen-bond acceptors (Lipinski definition) is 6. The third-order valence-electron chi connectivity index (χ3n) is 5.95. The van der Waals surface area contributed by atoms with Crippen LogP contribution >= 0.6 is 0 Å². The quantitative estimate of drug-likeness (QED) is 0.634. The molecule has 4 rings (SSSR count). The summed E-state index contributed by atoms with van der Waals surface area (Å²) < 4.78 is 10.5. The Morgan fingerprint density at radius 1 is 0.848 bits per heavy atom. The van der Waals surface area contributed by atoms with Crippen LogP contribution in [0.25, 0.3) is 11.3 Å². The number of nitrogens with one attached hydrogen (secondary N) is 1. The van der Waals surface area contributed by atoms with Crippen molar-refractivity contribution < 1.29 is 14.3 Å². The topological polar surface area (TPSA) is 79.8 Å². The summed E-state index contributed by atoms with van der Waals surface area (Å²) in [7, 11) is 3.16. The maximum Gasteiger partial charge on any atom is 0.321 e. The first-order valence-electron chi connectivity index (χ1n) is 10.9. The van der Waals surface area contributed by atoms with Crippen molar-refractivity contribution in [2.24, 2.45) is 0 Å². The highest BCUT2D eigenvalue weighted by atomic mass is 16.5. The number of ether oxygens (including phenoxy) is 2. The van der Waals surface area contributed by atoms with E-state index in [1.165, 1.54) is 11.1 Å². The molecule has 1 aliphatic rings. The monoisotopic (exact) mass is 447 g/mol.